The van der Waals surface area contributed by atoms with Gasteiger partial charge in [-0.15, -0.1) is 0 Å². The van der Waals surface area contributed by atoms with Crippen molar-refractivity contribution in [1.82, 2.24) is 4.98 Å². The van der Waals surface area contributed by atoms with E-state index in [4.69, 9.17) is 9.47 Å². The molecule has 0 saturated carbocycles. The van der Waals surface area contributed by atoms with Crippen molar-refractivity contribution >= 4 is 22.3 Å². The normalized spacial score (nSPS) is 11.0. The van der Waals surface area contributed by atoms with E-state index in [1.54, 1.807) is 13.3 Å². The molecular weight excluding hydrogens is 382 g/mol. The fraction of sp³-hybridized carbons (Fsp3) is 0.435. The van der Waals surface area contributed by atoms with Crippen LogP contribution in [0.4, 0.5) is 11.4 Å². The zero-order valence-electron chi connectivity index (χ0n) is 17.6. The fourth-order valence-corrected chi connectivity index (χ4v) is 3.27. The molecule has 0 amide bonds. The van der Waals surface area contributed by atoms with E-state index in [1.165, 1.54) is 0 Å². The number of nitrogens with zero attached hydrogens (tertiary/aromatic N) is 1. The molecule has 7 nitrogen and oxygen atoms in total. The number of nitrogens with one attached hydrogen (secondary N) is 2. The highest BCUT2D eigenvalue weighted by atomic mass is 16.5. The molecule has 0 atom stereocenters. The van der Waals surface area contributed by atoms with Crippen LogP contribution in [0.5, 0.6) is 11.5 Å². The maximum absolute atomic E-state index is 11.7. The summed E-state index contributed by atoms with van der Waals surface area (Å²) in [5.41, 5.74) is 1.23. The second kappa shape index (κ2) is 10.6. The van der Waals surface area contributed by atoms with Gasteiger partial charge < -0.3 is 20.1 Å². The highest BCUT2D eigenvalue weighted by Gasteiger charge is 2.21. The monoisotopic (exact) mass is 411 g/mol. The maximum Gasteiger partial charge on any atom is 0.272 e. The number of pyridine rings is 1. The largest absolute Gasteiger partial charge is 0.497 e. The zero-order chi connectivity index (χ0) is 21.3. The number of methoxy groups -OCH3 is 1. The van der Waals surface area contributed by atoms with E-state index in [9.17, 15) is 9.59 Å². The Bertz CT molecular complexity index is 1040. The van der Waals surface area contributed by atoms with Gasteiger partial charge >= 0.3 is 0 Å². The standard InChI is InChI=1S/C23H29N3O4/c1-3-4-13-30-23-20(21(27)22(23)28)26-11-7-5-6-10-24-18-15-17(29-2)14-16-9-8-12-25-19(16)18/h8-9,12,14-15,24,26H,3-7,10-11,13H2,1-2H3. The van der Waals surface area contributed by atoms with E-state index in [2.05, 4.69) is 15.6 Å². The average molecular weight is 412 g/mol. The van der Waals surface area contributed by atoms with Crippen LogP contribution in [0, 0.1) is 0 Å². The SMILES string of the molecule is CCCCOc1c(NCCCCCNc2cc(OC)cc3cccnc23)c(=O)c1=O. The van der Waals surface area contributed by atoms with E-state index in [0.29, 0.717) is 18.8 Å². The van der Waals surface area contributed by atoms with Gasteiger partial charge in [-0.05, 0) is 37.8 Å². The molecule has 0 saturated heterocycles. The molecule has 0 unspecified atom stereocenters. The van der Waals surface area contributed by atoms with Gasteiger partial charge in [-0.3, -0.25) is 14.6 Å². The molecule has 160 valence electrons. The Morgan fingerprint density at radius 3 is 2.57 bits per heavy atom. The van der Waals surface area contributed by atoms with Crippen LogP contribution in [-0.2, 0) is 0 Å². The number of anilines is 2. The molecule has 0 spiro atoms. The third-order valence-electron chi connectivity index (χ3n) is 5.00. The zero-order valence-corrected chi connectivity index (χ0v) is 17.6. The van der Waals surface area contributed by atoms with Gasteiger partial charge in [-0.2, -0.15) is 0 Å². The van der Waals surface area contributed by atoms with Gasteiger partial charge in [-0.1, -0.05) is 19.4 Å². The lowest BCUT2D eigenvalue weighted by Crippen LogP contribution is -2.36. The summed E-state index contributed by atoms with van der Waals surface area (Å²) in [6.45, 7) is 3.96. The van der Waals surface area contributed by atoms with Crippen LogP contribution >= 0.6 is 0 Å². The predicted molar refractivity (Wildman–Crippen MR) is 121 cm³/mol. The lowest BCUT2D eigenvalue weighted by Gasteiger charge is -2.14. The topological polar surface area (TPSA) is 89.5 Å². The third-order valence-corrected chi connectivity index (χ3v) is 5.00. The molecule has 0 bridgehead atoms. The minimum atomic E-state index is -0.517. The van der Waals surface area contributed by atoms with Crippen LogP contribution in [0.25, 0.3) is 10.9 Å². The Morgan fingerprint density at radius 1 is 1.00 bits per heavy atom. The van der Waals surface area contributed by atoms with Gasteiger partial charge in [0.05, 0.1) is 24.9 Å². The van der Waals surface area contributed by atoms with Gasteiger partial charge in [0.25, 0.3) is 10.9 Å². The average Bonchev–Trinajstić information content (AvgIpc) is 2.78. The number of rotatable bonds is 13. The molecule has 3 rings (SSSR count). The highest BCUT2D eigenvalue weighted by Crippen LogP contribution is 2.27. The molecular formula is C23H29N3O4. The third kappa shape index (κ3) is 5.09. The van der Waals surface area contributed by atoms with E-state index in [0.717, 1.165) is 61.0 Å². The Balaban J connectivity index is 1.41. The summed E-state index contributed by atoms with van der Waals surface area (Å²) in [4.78, 5) is 27.8. The number of fused-ring (bicyclic) bond motifs is 1. The minimum absolute atomic E-state index is 0.201. The second-order valence-electron chi connectivity index (χ2n) is 7.23. The van der Waals surface area contributed by atoms with Crippen LogP contribution in [-0.4, -0.2) is 31.8 Å². The van der Waals surface area contributed by atoms with Gasteiger partial charge in [0.2, 0.25) is 0 Å². The quantitative estimate of drug-likeness (QED) is 0.327. The Labute approximate surface area is 176 Å². The number of unbranched alkanes of at least 4 members (excludes halogenated alkanes) is 3. The molecule has 30 heavy (non-hydrogen) atoms. The first-order valence-electron chi connectivity index (χ1n) is 10.5. The van der Waals surface area contributed by atoms with Gasteiger partial charge in [0.1, 0.15) is 11.4 Å². The Morgan fingerprint density at radius 2 is 1.80 bits per heavy atom. The van der Waals surface area contributed by atoms with Gasteiger partial charge in [0, 0.05) is 30.7 Å². The molecule has 3 aromatic rings. The van der Waals surface area contributed by atoms with Gasteiger partial charge in [0.15, 0.2) is 5.75 Å². The van der Waals surface area contributed by atoms with E-state index in [1.807, 2.05) is 31.2 Å². The minimum Gasteiger partial charge on any atom is -0.497 e. The Kier molecular flexibility index (Phi) is 7.65. The van der Waals surface area contributed by atoms with Crippen molar-refractivity contribution in [1.29, 1.82) is 0 Å². The Hall–Kier alpha value is -3.09. The maximum atomic E-state index is 11.7. The number of benzene rings is 1. The van der Waals surface area contributed by atoms with E-state index >= 15 is 0 Å². The molecule has 0 aliphatic rings. The number of aromatic nitrogens is 1. The summed E-state index contributed by atoms with van der Waals surface area (Å²) < 4.78 is 10.8. The first-order valence-corrected chi connectivity index (χ1v) is 10.5. The first kappa shape index (κ1) is 21.6. The summed E-state index contributed by atoms with van der Waals surface area (Å²) in [7, 11) is 1.66. The van der Waals surface area contributed by atoms with Crippen molar-refractivity contribution in [2.45, 2.75) is 39.0 Å². The molecule has 0 aliphatic carbocycles. The van der Waals surface area contributed by atoms with Crippen LogP contribution < -0.4 is 31.0 Å². The van der Waals surface area contributed by atoms with Crippen LogP contribution in [0.1, 0.15) is 39.0 Å². The van der Waals surface area contributed by atoms with E-state index < -0.39 is 10.9 Å². The van der Waals surface area contributed by atoms with Crippen LogP contribution in [0.2, 0.25) is 0 Å². The molecule has 2 aromatic carbocycles. The van der Waals surface area contributed by atoms with Crippen molar-refractivity contribution in [3.8, 4) is 11.5 Å². The summed E-state index contributed by atoms with van der Waals surface area (Å²) in [6.07, 6.45) is 6.48. The molecule has 1 heterocycles. The number of hydrogen-bond donors (Lipinski definition) is 2. The van der Waals surface area contributed by atoms with Crippen molar-refractivity contribution in [3.63, 3.8) is 0 Å². The van der Waals surface area contributed by atoms with Gasteiger partial charge in [-0.25, -0.2) is 0 Å². The van der Waals surface area contributed by atoms with Crippen molar-refractivity contribution in [2.24, 2.45) is 0 Å². The summed E-state index contributed by atoms with van der Waals surface area (Å²) in [5.74, 6) is 1.000. The molecule has 0 fully saturated rings. The predicted octanol–water partition coefficient (Wildman–Crippen LogP) is 3.71. The van der Waals surface area contributed by atoms with Crippen LogP contribution in [0.3, 0.4) is 0 Å². The molecule has 0 aliphatic heterocycles. The number of ether oxygens (including phenoxy) is 2. The summed E-state index contributed by atoms with van der Waals surface area (Å²) >= 11 is 0. The van der Waals surface area contributed by atoms with Crippen molar-refractivity contribution in [2.75, 3.05) is 37.4 Å². The molecule has 0 radical (unpaired) electrons. The number of hydrogen-bond acceptors (Lipinski definition) is 7. The van der Waals surface area contributed by atoms with Crippen LogP contribution in [0.15, 0.2) is 40.1 Å². The second-order valence-corrected chi connectivity index (χ2v) is 7.23. The lowest BCUT2D eigenvalue weighted by atomic mass is 10.1. The summed E-state index contributed by atoms with van der Waals surface area (Å²) in [5, 5.41) is 7.54. The molecule has 1 aromatic heterocycles. The highest BCUT2D eigenvalue weighted by molar-refractivity contribution is 5.91. The summed E-state index contributed by atoms with van der Waals surface area (Å²) in [6, 6.07) is 7.86. The first-order chi connectivity index (χ1) is 14.7. The van der Waals surface area contributed by atoms with Crippen molar-refractivity contribution < 1.29 is 9.47 Å². The molecule has 2 N–H and O–H groups in total. The smallest absolute Gasteiger partial charge is 0.272 e. The fourth-order valence-electron chi connectivity index (χ4n) is 3.27. The lowest BCUT2D eigenvalue weighted by molar-refractivity contribution is 0.304. The molecule has 7 heteroatoms. The van der Waals surface area contributed by atoms with E-state index in [-0.39, 0.29) is 5.75 Å². The van der Waals surface area contributed by atoms with Crippen molar-refractivity contribution in [3.05, 3.63) is 50.9 Å².